The van der Waals surface area contributed by atoms with Gasteiger partial charge in [-0.2, -0.15) is 8.42 Å². The van der Waals surface area contributed by atoms with Gasteiger partial charge in [0.25, 0.3) is 10.1 Å². The topological polar surface area (TPSA) is 127 Å². The fraction of sp³-hybridized carbons (Fsp3) is 0.167. The van der Waals surface area contributed by atoms with Crippen LogP contribution in [-0.4, -0.2) is 24.5 Å². The van der Waals surface area contributed by atoms with E-state index < -0.39 is 32.3 Å². The van der Waals surface area contributed by atoms with E-state index in [-0.39, 0.29) is 58.9 Å². The van der Waals surface area contributed by atoms with Gasteiger partial charge in [-0.05, 0) is 48.9 Å². The first-order chi connectivity index (χ1) is 15.3. The molecule has 0 bridgehead atoms. The van der Waals surface area contributed by atoms with Gasteiger partial charge in [0.05, 0.1) is 22.5 Å². The Kier molecular flexibility index (Phi) is 6.24. The molecule has 0 radical (unpaired) electrons. The van der Waals surface area contributed by atoms with Crippen LogP contribution in [0.15, 0.2) is 53.4 Å². The van der Waals surface area contributed by atoms with Crippen LogP contribution in [0, 0.1) is 0 Å². The number of nitrogens with one attached hydrogen (secondary N) is 1. The number of nitrogen functional groups attached to an aromatic ring is 1. The molecule has 0 aromatic heterocycles. The number of fused-ring (bicyclic) bond motifs is 3. The van der Waals surface area contributed by atoms with Gasteiger partial charge in [-0.15, -0.1) is 0 Å². The standard InChI is InChI=1S/C24H20N2O5S.Na.H/c25-22-19(32(29,30)31)12-18(26-17-11-5-7-13-6-1-2-8-14(13)17)20-21(22)24(28)16-10-4-3-9-15(16)23(20)27;;/h3-5,7,9-12,26H,1-2,6,8,25H2,(H,29,30,31);;/q;+1;-1. The second kappa shape index (κ2) is 8.70. The first kappa shape index (κ1) is 23.7. The molecule has 7 nitrogen and oxygen atoms in total. The molecule has 0 atom stereocenters. The van der Waals surface area contributed by atoms with Crippen LogP contribution in [-0.2, 0) is 23.0 Å². The van der Waals surface area contributed by atoms with E-state index in [1.807, 2.05) is 18.2 Å². The molecule has 9 heteroatoms. The number of aryl methyl sites for hydroxylation is 1. The Labute approximate surface area is 214 Å². The third-order valence-corrected chi connectivity index (χ3v) is 7.04. The van der Waals surface area contributed by atoms with Crippen LogP contribution in [0.4, 0.5) is 17.1 Å². The summed E-state index contributed by atoms with van der Waals surface area (Å²) in [6.45, 7) is 0. The second-order valence-corrected chi connectivity index (χ2v) is 9.43. The van der Waals surface area contributed by atoms with Crippen LogP contribution in [0.3, 0.4) is 0 Å². The molecule has 0 saturated heterocycles. The van der Waals surface area contributed by atoms with Gasteiger partial charge in [0.15, 0.2) is 11.6 Å². The summed E-state index contributed by atoms with van der Waals surface area (Å²) in [5.41, 5.74) is 8.89. The van der Waals surface area contributed by atoms with Gasteiger partial charge in [0.1, 0.15) is 4.90 Å². The minimum absolute atomic E-state index is 0. The summed E-state index contributed by atoms with van der Waals surface area (Å²) < 4.78 is 33.9. The maximum atomic E-state index is 13.4. The van der Waals surface area contributed by atoms with Crippen molar-refractivity contribution in [3.8, 4) is 0 Å². The van der Waals surface area contributed by atoms with Gasteiger partial charge in [-0.3, -0.25) is 14.1 Å². The molecule has 0 saturated carbocycles. The molecule has 0 amide bonds. The minimum Gasteiger partial charge on any atom is -1.00 e. The van der Waals surface area contributed by atoms with Crippen molar-refractivity contribution in [1.29, 1.82) is 0 Å². The Hall–Kier alpha value is -2.49. The molecule has 0 aliphatic heterocycles. The maximum Gasteiger partial charge on any atom is 1.00 e. The molecule has 164 valence electrons. The number of carbonyl (C=O) groups is 2. The summed E-state index contributed by atoms with van der Waals surface area (Å²) in [5.74, 6) is -0.993. The fourth-order valence-corrected chi connectivity index (χ4v) is 5.30. The molecule has 2 aliphatic rings. The van der Waals surface area contributed by atoms with E-state index in [0.29, 0.717) is 0 Å². The largest absolute Gasteiger partial charge is 1.00 e. The molecule has 0 fully saturated rings. The van der Waals surface area contributed by atoms with Gasteiger partial charge >= 0.3 is 29.6 Å². The number of hydrogen-bond acceptors (Lipinski definition) is 6. The predicted molar refractivity (Wildman–Crippen MR) is 121 cm³/mol. The second-order valence-electron chi connectivity index (χ2n) is 8.04. The summed E-state index contributed by atoms with van der Waals surface area (Å²) >= 11 is 0. The molecular formula is C24H21N2NaO5S. The van der Waals surface area contributed by atoms with E-state index >= 15 is 0 Å². The van der Waals surface area contributed by atoms with Crippen molar-refractivity contribution < 1.29 is 53.5 Å². The Morgan fingerprint density at radius 2 is 1.52 bits per heavy atom. The molecule has 33 heavy (non-hydrogen) atoms. The molecular weight excluding hydrogens is 451 g/mol. The quantitative estimate of drug-likeness (QED) is 0.231. The summed E-state index contributed by atoms with van der Waals surface area (Å²) in [6, 6.07) is 13.2. The molecule has 0 unspecified atom stereocenters. The first-order valence-electron chi connectivity index (χ1n) is 10.3. The summed E-state index contributed by atoms with van der Waals surface area (Å²) in [4.78, 5) is 26.1. The Morgan fingerprint density at radius 3 is 2.18 bits per heavy atom. The van der Waals surface area contributed by atoms with Crippen LogP contribution >= 0.6 is 0 Å². The number of anilines is 3. The average Bonchev–Trinajstić information content (AvgIpc) is 2.78. The minimum atomic E-state index is -4.75. The number of rotatable bonds is 3. The smallest absolute Gasteiger partial charge is 1.00 e. The van der Waals surface area contributed by atoms with Crippen molar-refractivity contribution >= 4 is 38.7 Å². The van der Waals surface area contributed by atoms with Crippen LogP contribution < -0.4 is 40.6 Å². The van der Waals surface area contributed by atoms with Gasteiger partial charge in [0, 0.05) is 16.8 Å². The van der Waals surface area contributed by atoms with Crippen LogP contribution in [0.2, 0.25) is 0 Å². The summed E-state index contributed by atoms with van der Waals surface area (Å²) in [5, 5.41) is 3.18. The van der Waals surface area contributed by atoms with Crippen molar-refractivity contribution in [3.63, 3.8) is 0 Å². The molecule has 5 rings (SSSR count). The monoisotopic (exact) mass is 472 g/mol. The van der Waals surface area contributed by atoms with Gasteiger partial charge in [-0.25, -0.2) is 0 Å². The zero-order chi connectivity index (χ0) is 22.6. The predicted octanol–water partition coefficient (Wildman–Crippen LogP) is 1.03. The van der Waals surface area contributed by atoms with Crippen molar-refractivity contribution in [2.75, 3.05) is 11.1 Å². The van der Waals surface area contributed by atoms with Crippen LogP contribution in [0.5, 0.6) is 0 Å². The molecule has 0 heterocycles. The number of nitrogens with two attached hydrogens (primary N) is 1. The average molecular weight is 472 g/mol. The van der Waals surface area contributed by atoms with E-state index in [0.717, 1.165) is 43.0 Å². The third-order valence-electron chi connectivity index (χ3n) is 6.14. The van der Waals surface area contributed by atoms with Gasteiger partial charge < -0.3 is 12.5 Å². The Balaban J connectivity index is 0.00000162. The fourth-order valence-electron chi connectivity index (χ4n) is 4.65. The van der Waals surface area contributed by atoms with Crippen molar-refractivity contribution in [3.05, 3.63) is 81.9 Å². The Morgan fingerprint density at radius 1 is 0.879 bits per heavy atom. The number of carbonyl (C=O) groups excluding carboxylic acids is 2. The van der Waals surface area contributed by atoms with E-state index in [9.17, 15) is 22.6 Å². The molecule has 3 aromatic carbocycles. The van der Waals surface area contributed by atoms with Crippen molar-refractivity contribution in [1.82, 2.24) is 0 Å². The number of benzene rings is 3. The van der Waals surface area contributed by atoms with E-state index in [1.165, 1.54) is 11.6 Å². The number of hydrogen-bond donors (Lipinski definition) is 3. The van der Waals surface area contributed by atoms with E-state index in [1.54, 1.807) is 18.2 Å². The molecule has 0 spiro atoms. The Bertz CT molecular complexity index is 1440. The first-order valence-corrected chi connectivity index (χ1v) is 11.7. The van der Waals surface area contributed by atoms with Gasteiger partial charge in [-0.1, -0.05) is 36.4 Å². The van der Waals surface area contributed by atoms with Crippen LogP contribution in [0.1, 0.15) is 57.2 Å². The van der Waals surface area contributed by atoms with E-state index in [2.05, 4.69) is 5.32 Å². The van der Waals surface area contributed by atoms with Gasteiger partial charge in [0.2, 0.25) is 0 Å². The van der Waals surface area contributed by atoms with Crippen molar-refractivity contribution in [2.24, 2.45) is 0 Å². The summed E-state index contributed by atoms with van der Waals surface area (Å²) in [7, 11) is -4.75. The maximum absolute atomic E-state index is 13.4. The SMILES string of the molecule is Nc1c(S(=O)(=O)O)cc(Nc2cccc3c2CCCC3)c2c1C(=O)c1ccccc1C2=O.[H-].[Na+]. The van der Waals surface area contributed by atoms with Crippen LogP contribution in [0.25, 0.3) is 0 Å². The molecule has 4 N–H and O–H groups in total. The summed E-state index contributed by atoms with van der Waals surface area (Å²) in [6.07, 6.45) is 3.89. The number of ketones is 2. The zero-order valence-corrected chi connectivity index (χ0v) is 20.8. The third kappa shape index (κ3) is 3.92. The van der Waals surface area contributed by atoms with E-state index in [4.69, 9.17) is 5.73 Å². The molecule has 3 aromatic rings. The molecule has 2 aliphatic carbocycles. The zero-order valence-electron chi connectivity index (χ0n) is 19.0. The van der Waals surface area contributed by atoms with Crippen molar-refractivity contribution in [2.45, 2.75) is 30.6 Å². The normalized spacial score (nSPS) is 14.6.